The number of carbonyl (C=O) groups is 2. The van der Waals surface area contributed by atoms with Crippen LogP contribution in [0.5, 0.6) is 0 Å². The van der Waals surface area contributed by atoms with Crippen molar-refractivity contribution >= 4 is 22.0 Å². The molecule has 31 heavy (non-hydrogen) atoms. The van der Waals surface area contributed by atoms with Crippen molar-refractivity contribution in [3.05, 3.63) is 65.7 Å². The first-order chi connectivity index (χ1) is 14.7. The number of hydrogen-bond acceptors (Lipinski definition) is 4. The maximum atomic E-state index is 14.0. The van der Waals surface area contributed by atoms with Crippen molar-refractivity contribution in [2.24, 2.45) is 5.73 Å². The van der Waals surface area contributed by atoms with Crippen molar-refractivity contribution in [3.8, 4) is 0 Å². The molecule has 0 aliphatic carbocycles. The van der Waals surface area contributed by atoms with Gasteiger partial charge in [0.1, 0.15) is 16.5 Å². The minimum Gasteiger partial charge on any atom is -0.352 e. The second kappa shape index (κ2) is 9.40. The third kappa shape index (κ3) is 5.36. The number of rotatable bonds is 6. The lowest BCUT2D eigenvalue weighted by Crippen LogP contribution is -2.51. The van der Waals surface area contributed by atoms with E-state index in [0.717, 1.165) is 16.4 Å². The highest BCUT2D eigenvalue weighted by Gasteiger charge is 2.32. The van der Waals surface area contributed by atoms with Gasteiger partial charge < -0.3 is 16.0 Å². The van der Waals surface area contributed by atoms with E-state index in [9.17, 15) is 26.8 Å². The Hall–Kier alpha value is -3.05. The highest BCUT2D eigenvalue weighted by Crippen LogP contribution is 2.23. The van der Waals surface area contributed by atoms with Crippen LogP contribution in [0.4, 0.5) is 13.6 Å². The molecule has 1 saturated heterocycles. The zero-order chi connectivity index (χ0) is 22.6. The lowest BCUT2D eigenvalue weighted by molar-refractivity contribution is -0.132. The van der Waals surface area contributed by atoms with E-state index in [-0.39, 0.29) is 38.5 Å². The first-order valence-electron chi connectivity index (χ1n) is 9.52. The van der Waals surface area contributed by atoms with Crippen LogP contribution in [0.2, 0.25) is 0 Å². The monoisotopic (exact) mass is 452 g/mol. The van der Waals surface area contributed by atoms with E-state index < -0.39 is 38.6 Å². The maximum Gasteiger partial charge on any atom is 0.312 e. The molecule has 3 rings (SSSR count). The van der Waals surface area contributed by atoms with Gasteiger partial charge in [-0.1, -0.05) is 30.3 Å². The summed E-state index contributed by atoms with van der Waals surface area (Å²) in [5, 5.41) is 2.54. The van der Waals surface area contributed by atoms with Crippen molar-refractivity contribution in [1.29, 1.82) is 0 Å². The molecule has 2 aromatic carbocycles. The second-order valence-corrected chi connectivity index (χ2v) is 8.94. The smallest absolute Gasteiger partial charge is 0.312 e. The minimum absolute atomic E-state index is 0.0376. The number of nitrogens with two attached hydrogens (primary N) is 1. The number of sulfonamides is 1. The Morgan fingerprint density at radius 3 is 2.26 bits per heavy atom. The van der Waals surface area contributed by atoms with Gasteiger partial charge in [0.2, 0.25) is 15.9 Å². The Labute approximate surface area is 178 Å². The number of benzene rings is 2. The van der Waals surface area contributed by atoms with Gasteiger partial charge in [-0.25, -0.2) is 22.0 Å². The summed E-state index contributed by atoms with van der Waals surface area (Å²) in [5.41, 5.74) is 5.94. The molecule has 1 atom stereocenters. The van der Waals surface area contributed by atoms with Gasteiger partial charge >= 0.3 is 6.03 Å². The van der Waals surface area contributed by atoms with Gasteiger partial charge in [0, 0.05) is 32.2 Å². The predicted molar refractivity (Wildman–Crippen MR) is 108 cm³/mol. The zero-order valence-electron chi connectivity index (χ0n) is 16.5. The van der Waals surface area contributed by atoms with Crippen LogP contribution in [0, 0.1) is 11.6 Å². The fourth-order valence-electron chi connectivity index (χ4n) is 3.41. The fourth-order valence-corrected chi connectivity index (χ4v) is 4.88. The van der Waals surface area contributed by atoms with E-state index in [2.05, 4.69) is 5.32 Å². The zero-order valence-corrected chi connectivity index (χ0v) is 17.3. The first kappa shape index (κ1) is 22.6. The molecule has 0 spiro atoms. The van der Waals surface area contributed by atoms with Crippen LogP contribution in [0.3, 0.4) is 0 Å². The summed E-state index contributed by atoms with van der Waals surface area (Å²) < 4.78 is 53.5. The highest BCUT2D eigenvalue weighted by atomic mass is 32.2. The van der Waals surface area contributed by atoms with Gasteiger partial charge in [-0.05, 0) is 17.7 Å². The lowest BCUT2D eigenvalue weighted by atomic mass is 10.0. The summed E-state index contributed by atoms with van der Waals surface area (Å²) in [6.45, 7) is 0.117. The van der Waals surface area contributed by atoms with E-state index >= 15 is 0 Å². The van der Waals surface area contributed by atoms with Crippen LogP contribution >= 0.6 is 0 Å². The topological polar surface area (TPSA) is 113 Å². The van der Waals surface area contributed by atoms with Gasteiger partial charge in [-0.15, -0.1) is 0 Å². The Balaban J connectivity index is 1.65. The lowest BCUT2D eigenvalue weighted by Gasteiger charge is -2.34. The minimum atomic E-state index is -4.16. The van der Waals surface area contributed by atoms with Crippen LogP contribution in [-0.2, 0) is 14.8 Å². The van der Waals surface area contributed by atoms with Crippen LogP contribution in [0.15, 0.2) is 53.4 Å². The molecular formula is C20H22F2N4O4S. The maximum absolute atomic E-state index is 14.0. The first-order valence-corrected chi connectivity index (χ1v) is 11.0. The van der Waals surface area contributed by atoms with Crippen molar-refractivity contribution in [1.82, 2.24) is 14.5 Å². The van der Waals surface area contributed by atoms with Crippen molar-refractivity contribution < 1.29 is 26.8 Å². The Kier molecular flexibility index (Phi) is 6.86. The van der Waals surface area contributed by atoms with Crippen molar-refractivity contribution in [3.63, 3.8) is 0 Å². The molecule has 1 fully saturated rings. The van der Waals surface area contributed by atoms with E-state index in [1.54, 1.807) is 30.3 Å². The normalized spacial score (nSPS) is 16.0. The van der Waals surface area contributed by atoms with E-state index in [0.29, 0.717) is 11.6 Å². The second-order valence-electron chi connectivity index (χ2n) is 7.04. The molecule has 8 nitrogen and oxygen atoms in total. The molecule has 1 aliphatic rings. The van der Waals surface area contributed by atoms with Gasteiger partial charge in [0.05, 0.1) is 12.5 Å². The van der Waals surface area contributed by atoms with Crippen molar-refractivity contribution in [2.45, 2.75) is 17.4 Å². The molecule has 3 amide bonds. The number of carbonyl (C=O) groups excluding carboxylic acids is 2. The molecule has 1 heterocycles. The average Bonchev–Trinajstić information content (AvgIpc) is 2.73. The Morgan fingerprint density at radius 1 is 1.03 bits per heavy atom. The number of halogens is 2. The van der Waals surface area contributed by atoms with Crippen LogP contribution in [0.1, 0.15) is 18.0 Å². The number of nitrogens with zero attached hydrogens (tertiary/aromatic N) is 2. The third-order valence-electron chi connectivity index (χ3n) is 5.00. The van der Waals surface area contributed by atoms with E-state index in [1.807, 2.05) is 0 Å². The number of nitrogens with one attached hydrogen (secondary N) is 1. The molecule has 166 valence electrons. The van der Waals surface area contributed by atoms with Crippen LogP contribution in [-0.4, -0.2) is 55.7 Å². The summed E-state index contributed by atoms with van der Waals surface area (Å²) in [6.07, 6.45) is -0.0493. The number of primary amides is 1. The Bertz CT molecular complexity index is 1060. The SMILES string of the molecule is NC(=O)NC(CC(=O)N1CCN(S(=O)(=O)c2ccc(F)cc2F)CC1)c1ccccc1. The van der Waals surface area contributed by atoms with Gasteiger partial charge in [-0.3, -0.25) is 4.79 Å². The summed E-state index contributed by atoms with van der Waals surface area (Å²) in [4.78, 5) is 25.0. The van der Waals surface area contributed by atoms with Crippen LogP contribution in [0.25, 0.3) is 0 Å². The van der Waals surface area contributed by atoms with Gasteiger partial charge in [0.15, 0.2) is 0 Å². The molecule has 0 radical (unpaired) electrons. The number of amides is 3. The van der Waals surface area contributed by atoms with Crippen LogP contribution < -0.4 is 11.1 Å². The third-order valence-corrected chi connectivity index (χ3v) is 6.93. The molecule has 2 aromatic rings. The number of urea groups is 1. The quantitative estimate of drug-likeness (QED) is 0.693. The average molecular weight is 452 g/mol. The molecule has 1 aliphatic heterocycles. The largest absolute Gasteiger partial charge is 0.352 e. The van der Waals surface area contributed by atoms with Crippen molar-refractivity contribution in [2.75, 3.05) is 26.2 Å². The van der Waals surface area contributed by atoms with Gasteiger partial charge in [0.25, 0.3) is 0 Å². The molecule has 3 N–H and O–H groups in total. The molecule has 11 heteroatoms. The number of piperazine rings is 1. The summed E-state index contributed by atoms with van der Waals surface area (Å²) in [7, 11) is -4.16. The molecule has 1 unspecified atom stereocenters. The van der Waals surface area contributed by atoms with E-state index in [4.69, 9.17) is 5.73 Å². The summed E-state index contributed by atoms with van der Waals surface area (Å²) in [6, 6.07) is 9.76. The fraction of sp³-hybridized carbons (Fsp3) is 0.300. The standard InChI is InChI=1S/C20H22F2N4O4S/c21-15-6-7-18(16(22)12-15)31(29,30)26-10-8-25(9-11-26)19(27)13-17(24-20(23)28)14-4-2-1-3-5-14/h1-7,12,17H,8-11,13H2,(H3,23,24,28). The molecule has 0 saturated carbocycles. The predicted octanol–water partition coefficient (Wildman–Crippen LogP) is 1.60. The molecule has 0 aromatic heterocycles. The highest BCUT2D eigenvalue weighted by molar-refractivity contribution is 7.89. The molecular weight excluding hydrogens is 430 g/mol. The molecule has 0 bridgehead atoms. The summed E-state index contributed by atoms with van der Waals surface area (Å²) in [5.74, 6) is -2.32. The summed E-state index contributed by atoms with van der Waals surface area (Å²) >= 11 is 0. The number of hydrogen-bond donors (Lipinski definition) is 2. The van der Waals surface area contributed by atoms with E-state index in [1.165, 1.54) is 4.90 Å². The van der Waals surface area contributed by atoms with Gasteiger partial charge in [-0.2, -0.15) is 4.31 Å². The Morgan fingerprint density at radius 2 is 1.68 bits per heavy atom.